The van der Waals surface area contributed by atoms with Gasteiger partial charge in [-0.1, -0.05) is 6.92 Å². The SMILES string of the molecule is CC[C@H](C(=O)O)N1CCCN(c2nccs2)CC1. The molecule has 0 saturated carbocycles. The molecule has 0 amide bonds. The zero-order valence-electron chi connectivity index (χ0n) is 10.6. The van der Waals surface area contributed by atoms with Crippen molar-refractivity contribution in [2.75, 3.05) is 31.1 Å². The summed E-state index contributed by atoms with van der Waals surface area (Å²) in [6.45, 7) is 5.40. The van der Waals surface area contributed by atoms with E-state index in [9.17, 15) is 9.90 Å². The first kappa shape index (κ1) is 13.3. The van der Waals surface area contributed by atoms with Gasteiger partial charge < -0.3 is 10.0 Å². The summed E-state index contributed by atoms with van der Waals surface area (Å²) in [4.78, 5) is 19.8. The van der Waals surface area contributed by atoms with Crippen LogP contribution in [0.3, 0.4) is 0 Å². The summed E-state index contributed by atoms with van der Waals surface area (Å²) in [5.41, 5.74) is 0. The molecule has 1 aliphatic rings. The molecule has 2 heterocycles. The highest BCUT2D eigenvalue weighted by Gasteiger charge is 2.26. The lowest BCUT2D eigenvalue weighted by molar-refractivity contribution is -0.143. The summed E-state index contributed by atoms with van der Waals surface area (Å²) < 4.78 is 0. The molecule has 2 rings (SSSR count). The first-order valence-corrected chi connectivity index (χ1v) is 7.21. The number of nitrogens with zero attached hydrogens (tertiary/aromatic N) is 3. The Kier molecular flexibility index (Phi) is 4.54. The van der Waals surface area contributed by atoms with Crippen molar-refractivity contribution in [1.82, 2.24) is 9.88 Å². The van der Waals surface area contributed by atoms with E-state index in [1.165, 1.54) is 0 Å². The maximum atomic E-state index is 11.2. The Balaban J connectivity index is 1.98. The third-order valence-electron chi connectivity index (χ3n) is 3.33. The first-order valence-electron chi connectivity index (χ1n) is 6.33. The van der Waals surface area contributed by atoms with Crippen molar-refractivity contribution in [3.8, 4) is 0 Å². The molecule has 5 nitrogen and oxygen atoms in total. The highest BCUT2D eigenvalue weighted by molar-refractivity contribution is 7.13. The van der Waals surface area contributed by atoms with Gasteiger partial charge in [0.05, 0.1) is 0 Å². The minimum Gasteiger partial charge on any atom is -0.480 e. The molecular weight excluding hydrogens is 250 g/mol. The van der Waals surface area contributed by atoms with Crippen LogP contribution < -0.4 is 4.90 Å². The second-order valence-corrected chi connectivity index (χ2v) is 5.33. The van der Waals surface area contributed by atoms with E-state index in [-0.39, 0.29) is 6.04 Å². The summed E-state index contributed by atoms with van der Waals surface area (Å²) >= 11 is 1.64. The Morgan fingerprint density at radius 1 is 1.50 bits per heavy atom. The van der Waals surface area contributed by atoms with Crippen LogP contribution in [0.1, 0.15) is 19.8 Å². The summed E-state index contributed by atoms with van der Waals surface area (Å²) in [6.07, 6.45) is 3.46. The number of anilines is 1. The maximum Gasteiger partial charge on any atom is 0.320 e. The van der Waals surface area contributed by atoms with Gasteiger partial charge in [0.1, 0.15) is 6.04 Å². The van der Waals surface area contributed by atoms with Crippen LogP contribution in [0.5, 0.6) is 0 Å². The second-order valence-electron chi connectivity index (χ2n) is 4.45. The number of aliphatic carboxylic acids is 1. The third kappa shape index (κ3) is 3.00. The fraction of sp³-hybridized carbons (Fsp3) is 0.667. The van der Waals surface area contributed by atoms with E-state index in [1.54, 1.807) is 11.3 Å². The average molecular weight is 269 g/mol. The third-order valence-corrected chi connectivity index (χ3v) is 4.17. The lowest BCUT2D eigenvalue weighted by atomic mass is 10.2. The first-order chi connectivity index (χ1) is 8.72. The predicted octanol–water partition coefficient (Wildman–Crippen LogP) is 1.52. The van der Waals surface area contributed by atoms with Crippen molar-refractivity contribution in [2.45, 2.75) is 25.8 Å². The van der Waals surface area contributed by atoms with Gasteiger partial charge in [-0.3, -0.25) is 9.69 Å². The van der Waals surface area contributed by atoms with E-state index >= 15 is 0 Å². The number of carboxylic acids is 1. The molecular formula is C12H19N3O2S. The molecule has 1 atom stereocenters. The topological polar surface area (TPSA) is 56.7 Å². The predicted molar refractivity (Wildman–Crippen MR) is 72.2 cm³/mol. The molecule has 6 heteroatoms. The molecule has 0 aromatic carbocycles. The van der Waals surface area contributed by atoms with Crippen LogP contribution in [-0.2, 0) is 4.79 Å². The smallest absolute Gasteiger partial charge is 0.320 e. The van der Waals surface area contributed by atoms with E-state index in [1.807, 2.05) is 18.5 Å². The van der Waals surface area contributed by atoms with Gasteiger partial charge in [-0.05, 0) is 12.8 Å². The van der Waals surface area contributed by atoms with Crippen LogP contribution in [0.4, 0.5) is 5.13 Å². The molecule has 0 aliphatic carbocycles. The van der Waals surface area contributed by atoms with Gasteiger partial charge in [0.15, 0.2) is 5.13 Å². The molecule has 0 bridgehead atoms. The van der Waals surface area contributed by atoms with E-state index < -0.39 is 5.97 Å². The molecule has 1 fully saturated rings. The molecule has 1 N–H and O–H groups in total. The van der Waals surface area contributed by atoms with E-state index in [2.05, 4.69) is 14.8 Å². The van der Waals surface area contributed by atoms with Crippen LogP contribution in [0.25, 0.3) is 0 Å². The number of aromatic nitrogens is 1. The monoisotopic (exact) mass is 269 g/mol. The largest absolute Gasteiger partial charge is 0.480 e. The average Bonchev–Trinajstić information content (AvgIpc) is 2.77. The van der Waals surface area contributed by atoms with E-state index in [4.69, 9.17) is 0 Å². The molecule has 0 radical (unpaired) electrons. The van der Waals surface area contributed by atoms with Crippen LogP contribution in [-0.4, -0.2) is 53.2 Å². The number of hydrogen-bond acceptors (Lipinski definition) is 5. The molecule has 18 heavy (non-hydrogen) atoms. The van der Waals surface area contributed by atoms with Crippen molar-refractivity contribution in [2.24, 2.45) is 0 Å². The number of rotatable bonds is 4. The number of thiazole rings is 1. The number of hydrogen-bond donors (Lipinski definition) is 1. The fourth-order valence-electron chi connectivity index (χ4n) is 2.40. The number of carbonyl (C=O) groups is 1. The van der Waals surface area contributed by atoms with E-state index in [0.29, 0.717) is 6.42 Å². The summed E-state index contributed by atoms with van der Waals surface area (Å²) in [6, 6.07) is -0.346. The molecule has 0 unspecified atom stereocenters. The number of carboxylic acid groups (broad SMARTS) is 1. The molecule has 1 aromatic heterocycles. The van der Waals surface area contributed by atoms with Crippen molar-refractivity contribution in [3.63, 3.8) is 0 Å². The minimum atomic E-state index is -0.708. The Hall–Kier alpha value is -1.14. The second kappa shape index (κ2) is 6.15. The van der Waals surface area contributed by atoms with E-state index in [0.717, 1.165) is 37.7 Å². The Morgan fingerprint density at radius 2 is 2.33 bits per heavy atom. The van der Waals surface area contributed by atoms with Gasteiger partial charge in [0.2, 0.25) is 0 Å². The lowest BCUT2D eigenvalue weighted by Crippen LogP contribution is -2.42. The van der Waals surface area contributed by atoms with Crippen LogP contribution >= 0.6 is 11.3 Å². The Labute approximate surface area is 111 Å². The molecule has 1 aromatic rings. The Bertz CT molecular complexity index is 383. The summed E-state index contributed by atoms with van der Waals surface area (Å²) in [5, 5.41) is 12.2. The lowest BCUT2D eigenvalue weighted by Gasteiger charge is -2.26. The van der Waals surface area contributed by atoms with Gasteiger partial charge in [0.25, 0.3) is 0 Å². The normalized spacial score (nSPS) is 19.5. The molecule has 1 aliphatic heterocycles. The zero-order valence-corrected chi connectivity index (χ0v) is 11.4. The zero-order chi connectivity index (χ0) is 13.0. The van der Waals surface area contributed by atoms with Crippen molar-refractivity contribution in [3.05, 3.63) is 11.6 Å². The fourth-order valence-corrected chi connectivity index (χ4v) is 3.10. The molecule has 1 saturated heterocycles. The van der Waals surface area contributed by atoms with Gasteiger partial charge in [-0.15, -0.1) is 11.3 Å². The standard InChI is InChI=1S/C12H19N3O2S/c1-2-10(11(16)17)14-5-3-6-15(8-7-14)12-13-4-9-18-12/h4,9-10H,2-3,5-8H2,1H3,(H,16,17)/t10-/m1/s1. The highest BCUT2D eigenvalue weighted by atomic mass is 32.1. The van der Waals surface area contributed by atoms with Gasteiger partial charge in [0, 0.05) is 37.8 Å². The Morgan fingerprint density at radius 3 is 2.94 bits per heavy atom. The summed E-state index contributed by atoms with van der Waals surface area (Å²) in [5.74, 6) is -0.708. The van der Waals surface area contributed by atoms with Gasteiger partial charge in [-0.25, -0.2) is 4.98 Å². The highest BCUT2D eigenvalue weighted by Crippen LogP contribution is 2.20. The van der Waals surface area contributed by atoms with Gasteiger partial charge in [-0.2, -0.15) is 0 Å². The quantitative estimate of drug-likeness (QED) is 0.898. The van der Waals surface area contributed by atoms with Crippen LogP contribution in [0, 0.1) is 0 Å². The van der Waals surface area contributed by atoms with Crippen molar-refractivity contribution in [1.29, 1.82) is 0 Å². The molecule has 0 spiro atoms. The summed E-state index contributed by atoms with van der Waals surface area (Å²) in [7, 11) is 0. The van der Waals surface area contributed by atoms with Gasteiger partial charge >= 0.3 is 5.97 Å². The molecule has 100 valence electrons. The van der Waals surface area contributed by atoms with Crippen LogP contribution in [0.2, 0.25) is 0 Å². The van der Waals surface area contributed by atoms with Crippen molar-refractivity contribution >= 4 is 22.4 Å². The maximum absolute atomic E-state index is 11.2. The minimum absolute atomic E-state index is 0.346. The van der Waals surface area contributed by atoms with Crippen molar-refractivity contribution < 1.29 is 9.90 Å². The van der Waals surface area contributed by atoms with Crippen LogP contribution in [0.15, 0.2) is 11.6 Å².